The quantitative estimate of drug-likeness (QED) is 0.601. The highest BCUT2D eigenvalue weighted by Gasteiger charge is 2.22. The second-order valence-corrected chi connectivity index (χ2v) is 4.96. The molecule has 7 nitrogen and oxygen atoms in total. The van der Waals surface area contributed by atoms with E-state index in [2.05, 4.69) is 20.6 Å². The largest absolute Gasteiger partial charge is 0.480 e. The lowest BCUT2D eigenvalue weighted by molar-refractivity contribution is -0.139. The highest BCUT2D eigenvalue weighted by atomic mass is 16.4. The third-order valence-corrected chi connectivity index (χ3v) is 3.44. The van der Waals surface area contributed by atoms with Crippen LogP contribution in [-0.2, 0) is 11.2 Å². The summed E-state index contributed by atoms with van der Waals surface area (Å²) in [5.41, 5.74) is 0.660. The highest BCUT2D eigenvalue weighted by Crippen LogP contribution is 2.06. The summed E-state index contributed by atoms with van der Waals surface area (Å²) in [6, 6.07) is -1.47. The topological polar surface area (TPSA) is 107 Å². The Labute approximate surface area is 118 Å². The smallest absolute Gasteiger partial charge is 0.326 e. The maximum absolute atomic E-state index is 11.8. The van der Waals surface area contributed by atoms with Crippen molar-refractivity contribution in [2.45, 2.75) is 45.7 Å². The molecule has 1 heterocycles. The van der Waals surface area contributed by atoms with Crippen LogP contribution in [-0.4, -0.2) is 39.2 Å². The number of carbonyl (C=O) groups excluding carboxylic acids is 1. The number of hydrogen-bond acceptors (Lipinski definition) is 3. The number of aliphatic carboxylic acids is 1. The zero-order valence-corrected chi connectivity index (χ0v) is 12.0. The highest BCUT2D eigenvalue weighted by molar-refractivity contribution is 5.82. The average molecular weight is 282 g/mol. The molecule has 0 saturated heterocycles. The van der Waals surface area contributed by atoms with Crippen LogP contribution in [0.3, 0.4) is 0 Å². The number of urea groups is 1. The summed E-state index contributed by atoms with van der Waals surface area (Å²) in [6.07, 6.45) is 4.12. The van der Waals surface area contributed by atoms with E-state index in [1.54, 1.807) is 0 Å². The van der Waals surface area contributed by atoms with Crippen molar-refractivity contribution in [1.82, 2.24) is 20.6 Å². The number of carboxylic acid groups (broad SMARTS) is 1. The first-order valence-electron chi connectivity index (χ1n) is 6.71. The van der Waals surface area contributed by atoms with E-state index in [4.69, 9.17) is 5.11 Å². The van der Waals surface area contributed by atoms with Gasteiger partial charge in [-0.2, -0.15) is 0 Å². The molecule has 0 bridgehead atoms. The molecule has 3 atom stereocenters. The molecular weight excluding hydrogens is 260 g/mol. The van der Waals surface area contributed by atoms with Crippen molar-refractivity contribution in [1.29, 1.82) is 0 Å². The number of H-pyrrole nitrogens is 1. The molecule has 0 aliphatic carbocycles. The van der Waals surface area contributed by atoms with E-state index in [9.17, 15) is 9.59 Å². The van der Waals surface area contributed by atoms with Gasteiger partial charge in [0.05, 0.1) is 6.33 Å². The fourth-order valence-corrected chi connectivity index (χ4v) is 1.72. The second kappa shape index (κ2) is 7.52. The van der Waals surface area contributed by atoms with Crippen molar-refractivity contribution in [2.75, 3.05) is 0 Å². The molecule has 1 rings (SSSR count). The summed E-state index contributed by atoms with van der Waals surface area (Å²) >= 11 is 0. The third-order valence-electron chi connectivity index (χ3n) is 3.44. The fourth-order valence-electron chi connectivity index (χ4n) is 1.72. The van der Waals surface area contributed by atoms with E-state index >= 15 is 0 Å². The minimum Gasteiger partial charge on any atom is -0.480 e. The van der Waals surface area contributed by atoms with Crippen LogP contribution in [0.5, 0.6) is 0 Å². The standard InChI is InChI=1S/C13H22N4O3/c1-4-8(2)9(3)16-13(20)17-11(12(18)19)5-10-6-14-7-15-10/h6-9,11H,4-5H2,1-3H3,(H,14,15)(H,18,19)(H2,16,17,20)/t8?,9?,11-/m0/s1. The van der Waals surface area contributed by atoms with E-state index in [0.717, 1.165) is 6.42 Å². The van der Waals surface area contributed by atoms with Crippen molar-refractivity contribution < 1.29 is 14.7 Å². The number of nitrogens with zero attached hydrogens (tertiary/aromatic N) is 1. The zero-order valence-electron chi connectivity index (χ0n) is 12.0. The molecule has 0 spiro atoms. The molecule has 20 heavy (non-hydrogen) atoms. The molecule has 2 unspecified atom stereocenters. The van der Waals surface area contributed by atoms with Crippen molar-refractivity contribution >= 4 is 12.0 Å². The van der Waals surface area contributed by atoms with Crippen molar-refractivity contribution in [2.24, 2.45) is 5.92 Å². The van der Waals surface area contributed by atoms with Crippen LogP contribution in [0.4, 0.5) is 4.79 Å². The van der Waals surface area contributed by atoms with Crippen LogP contribution in [0.15, 0.2) is 12.5 Å². The summed E-state index contributed by atoms with van der Waals surface area (Å²) in [5.74, 6) is -0.748. The molecule has 4 N–H and O–H groups in total. The Morgan fingerprint density at radius 2 is 2.10 bits per heavy atom. The Bertz CT molecular complexity index is 433. The van der Waals surface area contributed by atoms with Gasteiger partial charge in [0.25, 0.3) is 0 Å². The van der Waals surface area contributed by atoms with Gasteiger partial charge in [-0.3, -0.25) is 0 Å². The number of aromatic nitrogens is 2. The molecule has 112 valence electrons. The number of rotatable bonds is 7. The minimum atomic E-state index is -1.08. The van der Waals surface area contributed by atoms with E-state index in [0.29, 0.717) is 11.6 Å². The van der Waals surface area contributed by atoms with Gasteiger partial charge in [-0.05, 0) is 12.8 Å². The third kappa shape index (κ3) is 4.91. The predicted molar refractivity (Wildman–Crippen MR) is 74.3 cm³/mol. The average Bonchev–Trinajstić information content (AvgIpc) is 2.89. The van der Waals surface area contributed by atoms with E-state index < -0.39 is 18.0 Å². The van der Waals surface area contributed by atoms with Crippen molar-refractivity contribution in [3.63, 3.8) is 0 Å². The number of amides is 2. The van der Waals surface area contributed by atoms with Gasteiger partial charge in [-0.25, -0.2) is 14.6 Å². The molecule has 7 heteroatoms. The normalized spacial score (nSPS) is 15.2. The van der Waals surface area contributed by atoms with Gasteiger partial charge in [0, 0.05) is 24.4 Å². The number of hydrogen-bond donors (Lipinski definition) is 4. The van der Waals surface area contributed by atoms with E-state index in [1.807, 2.05) is 20.8 Å². The Morgan fingerprint density at radius 1 is 1.40 bits per heavy atom. The van der Waals surface area contributed by atoms with Crippen LogP contribution in [0, 0.1) is 5.92 Å². The number of carbonyl (C=O) groups is 2. The van der Waals surface area contributed by atoms with E-state index in [-0.39, 0.29) is 12.5 Å². The Balaban J connectivity index is 2.53. The molecule has 0 radical (unpaired) electrons. The summed E-state index contributed by atoms with van der Waals surface area (Å²) in [5, 5.41) is 14.4. The molecule has 0 aromatic carbocycles. The SMILES string of the molecule is CCC(C)C(C)NC(=O)N[C@@H](Cc1cnc[nH]1)C(=O)O. The van der Waals surface area contributed by atoms with Gasteiger partial charge >= 0.3 is 12.0 Å². The maximum atomic E-state index is 11.8. The molecule has 0 aliphatic heterocycles. The van der Waals surface area contributed by atoms with Gasteiger partial charge in [0.2, 0.25) is 0 Å². The van der Waals surface area contributed by atoms with Gasteiger partial charge in [0.15, 0.2) is 0 Å². The van der Waals surface area contributed by atoms with Gasteiger partial charge in [-0.15, -0.1) is 0 Å². The molecule has 0 saturated carbocycles. The number of nitrogens with one attached hydrogen (secondary N) is 3. The van der Waals surface area contributed by atoms with Crippen LogP contribution in [0.2, 0.25) is 0 Å². The van der Waals surface area contributed by atoms with Crippen LogP contribution < -0.4 is 10.6 Å². The molecular formula is C13H22N4O3. The first-order valence-corrected chi connectivity index (χ1v) is 6.71. The lowest BCUT2D eigenvalue weighted by Gasteiger charge is -2.21. The van der Waals surface area contributed by atoms with Crippen LogP contribution in [0.25, 0.3) is 0 Å². The Hall–Kier alpha value is -2.05. The molecule has 1 aromatic rings. The number of aromatic amines is 1. The lowest BCUT2D eigenvalue weighted by Crippen LogP contribution is -2.50. The fraction of sp³-hybridized carbons (Fsp3) is 0.615. The van der Waals surface area contributed by atoms with Crippen LogP contribution in [0.1, 0.15) is 32.9 Å². The summed E-state index contributed by atoms with van der Waals surface area (Å²) in [6.45, 7) is 5.97. The number of imidazole rings is 1. The van der Waals surface area contributed by atoms with Gasteiger partial charge in [-0.1, -0.05) is 20.3 Å². The minimum absolute atomic E-state index is 0.0124. The van der Waals surface area contributed by atoms with Crippen LogP contribution >= 0.6 is 0 Å². The van der Waals surface area contributed by atoms with Gasteiger partial charge in [0.1, 0.15) is 6.04 Å². The zero-order chi connectivity index (χ0) is 15.1. The maximum Gasteiger partial charge on any atom is 0.326 e. The predicted octanol–water partition coefficient (Wildman–Crippen LogP) is 1.14. The molecule has 2 amide bonds. The molecule has 0 fully saturated rings. The summed E-state index contributed by atoms with van der Waals surface area (Å²) < 4.78 is 0. The Morgan fingerprint density at radius 3 is 2.60 bits per heavy atom. The summed E-state index contributed by atoms with van der Waals surface area (Å²) in [4.78, 5) is 29.6. The molecule has 0 aliphatic rings. The monoisotopic (exact) mass is 282 g/mol. The first-order chi connectivity index (χ1) is 9.43. The van der Waals surface area contributed by atoms with Crippen molar-refractivity contribution in [3.05, 3.63) is 18.2 Å². The van der Waals surface area contributed by atoms with E-state index in [1.165, 1.54) is 12.5 Å². The second-order valence-electron chi connectivity index (χ2n) is 4.96. The lowest BCUT2D eigenvalue weighted by atomic mass is 10.0. The Kier molecular flexibility index (Phi) is 6.02. The van der Waals surface area contributed by atoms with Gasteiger partial charge < -0.3 is 20.7 Å². The molecule has 1 aromatic heterocycles. The number of carboxylic acids is 1. The summed E-state index contributed by atoms with van der Waals surface area (Å²) in [7, 11) is 0. The van der Waals surface area contributed by atoms with Crippen molar-refractivity contribution in [3.8, 4) is 0 Å². The first kappa shape index (κ1) is 16.0.